The summed E-state index contributed by atoms with van der Waals surface area (Å²) in [5.74, 6) is -1.06. The Labute approximate surface area is 209 Å². The number of aromatic hydroxyl groups is 1. The number of nitrogens with zero attached hydrogens (tertiary/aromatic N) is 2. The number of benzene rings is 2. The molecule has 3 heterocycles. The van der Waals surface area contributed by atoms with Crippen molar-refractivity contribution in [1.82, 2.24) is 4.98 Å². The zero-order chi connectivity index (χ0) is 25.6. The molecule has 4 aromatic rings. The van der Waals surface area contributed by atoms with Crippen molar-refractivity contribution in [3.8, 4) is 11.5 Å². The number of ether oxygens (including phenoxy) is 2. The summed E-state index contributed by atoms with van der Waals surface area (Å²) in [7, 11) is 0. The second-order valence-corrected chi connectivity index (χ2v) is 9.02. The van der Waals surface area contributed by atoms with Crippen molar-refractivity contribution >= 4 is 39.3 Å². The smallest absolute Gasteiger partial charge is 0.350 e. The second-order valence-electron chi connectivity index (χ2n) is 8.04. The molecule has 0 radical (unpaired) electrons. The fraction of sp³-hybridized carbons (Fsp3) is 0.231. The maximum atomic E-state index is 13.7. The van der Waals surface area contributed by atoms with Gasteiger partial charge in [-0.15, -0.1) is 0 Å². The van der Waals surface area contributed by atoms with Gasteiger partial charge in [0.05, 0.1) is 35.9 Å². The summed E-state index contributed by atoms with van der Waals surface area (Å²) in [5, 5.41) is 10.8. The number of hydrogen-bond donors (Lipinski definition) is 1. The number of thiazole rings is 1. The third kappa shape index (κ3) is 3.70. The third-order valence-corrected chi connectivity index (χ3v) is 6.97. The van der Waals surface area contributed by atoms with Gasteiger partial charge in [-0.05, 0) is 50.6 Å². The summed E-state index contributed by atoms with van der Waals surface area (Å²) in [6.45, 7) is 5.64. The summed E-state index contributed by atoms with van der Waals surface area (Å²) >= 11 is 1.00. The molecular weight excluding hydrogens is 484 g/mol. The quantitative estimate of drug-likeness (QED) is 0.377. The van der Waals surface area contributed by atoms with E-state index in [0.29, 0.717) is 28.8 Å². The van der Waals surface area contributed by atoms with Crippen LogP contribution in [0.2, 0.25) is 0 Å². The average Bonchev–Trinajstić information content (AvgIpc) is 3.38. The predicted octanol–water partition coefficient (Wildman–Crippen LogP) is 4.59. The van der Waals surface area contributed by atoms with Crippen molar-refractivity contribution in [2.24, 2.45) is 0 Å². The largest absolute Gasteiger partial charge is 0.504 e. The van der Waals surface area contributed by atoms with Gasteiger partial charge in [-0.3, -0.25) is 14.5 Å². The minimum absolute atomic E-state index is 0.0723. The molecule has 1 unspecified atom stereocenters. The molecule has 1 N–H and O–H groups in total. The van der Waals surface area contributed by atoms with E-state index in [2.05, 4.69) is 4.98 Å². The Balaban J connectivity index is 1.75. The van der Waals surface area contributed by atoms with Crippen molar-refractivity contribution in [2.45, 2.75) is 26.8 Å². The normalized spacial score (nSPS) is 14.8. The van der Waals surface area contributed by atoms with Crippen LogP contribution in [-0.4, -0.2) is 35.2 Å². The number of carbonyl (C=O) groups excluding carboxylic acids is 2. The average molecular weight is 507 g/mol. The zero-order valence-electron chi connectivity index (χ0n) is 19.7. The predicted molar refractivity (Wildman–Crippen MR) is 133 cm³/mol. The molecule has 0 bridgehead atoms. The van der Waals surface area contributed by atoms with E-state index in [9.17, 15) is 19.5 Å². The van der Waals surface area contributed by atoms with E-state index in [1.165, 1.54) is 11.0 Å². The number of carbonyl (C=O) groups is 2. The molecule has 36 heavy (non-hydrogen) atoms. The van der Waals surface area contributed by atoms with E-state index < -0.39 is 17.9 Å². The summed E-state index contributed by atoms with van der Waals surface area (Å²) in [6, 6.07) is 10.4. The van der Waals surface area contributed by atoms with E-state index in [4.69, 9.17) is 13.9 Å². The fourth-order valence-electron chi connectivity index (χ4n) is 4.28. The van der Waals surface area contributed by atoms with Gasteiger partial charge in [0.2, 0.25) is 5.76 Å². The van der Waals surface area contributed by atoms with Crippen LogP contribution in [0.5, 0.6) is 11.5 Å². The lowest BCUT2D eigenvalue weighted by molar-refractivity contribution is 0.0531. The van der Waals surface area contributed by atoms with Crippen LogP contribution in [-0.2, 0) is 4.74 Å². The Morgan fingerprint density at radius 1 is 1.17 bits per heavy atom. The second kappa shape index (κ2) is 9.12. The van der Waals surface area contributed by atoms with Crippen molar-refractivity contribution in [3.05, 3.63) is 80.1 Å². The van der Waals surface area contributed by atoms with Gasteiger partial charge in [0.15, 0.2) is 22.1 Å². The number of rotatable bonds is 6. The summed E-state index contributed by atoms with van der Waals surface area (Å²) in [6.07, 6.45) is 0. The molecule has 5 rings (SSSR count). The zero-order valence-corrected chi connectivity index (χ0v) is 20.5. The molecule has 10 heteroatoms. The van der Waals surface area contributed by atoms with Crippen LogP contribution in [0.3, 0.4) is 0 Å². The molecule has 0 aliphatic carbocycles. The van der Waals surface area contributed by atoms with Crippen molar-refractivity contribution in [1.29, 1.82) is 0 Å². The third-order valence-electron chi connectivity index (χ3n) is 5.83. The molecule has 1 atom stereocenters. The van der Waals surface area contributed by atoms with E-state index in [0.717, 1.165) is 11.3 Å². The van der Waals surface area contributed by atoms with Gasteiger partial charge < -0.3 is 19.0 Å². The highest BCUT2D eigenvalue weighted by Gasteiger charge is 2.45. The molecule has 1 aliphatic heterocycles. The van der Waals surface area contributed by atoms with Crippen LogP contribution >= 0.6 is 11.3 Å². The van der Waals surface area contributed by atoms with Crippen LogP contribution in [0.1, 0.15) is 56.9 Å². The molecule has 0 spiro atoms. The molecule has 0 saturated heterocycles. The molecule has 9 nitrogen and oxygen atoms in total. The molecule has 0 fully saturated rings. The van der Waals surface area contributed by atoms with Gasteiger partial charge in [0.1, 0.15) is 10.5 Å². The first kappa shape index (κ1) is 23.6. The molecule has 2 aromatic heterocycles. The highest BCUT2D eigenvalue weighted by atomic mass is 32.1. The highest BCUT2D eigenvalue weighted by Crippen LogP contribution is 2.44. The lowest BCUT2D eigenvalue weighted by Gasteiger charge is -2.23. The Morgan fingerprint density at radius 3 is 2.69 bits per heavy atom. The number of amides is 1. The number of para-hydroxylation sites is 1. The molecule has 184 valence electrons. The van der Waals surface area contributed by atoms with Crippen molar-refractivity contribution in [2.75, 3.05) is 18.1 Å². The Hall–Kier alpha value is -4.18. The summed E-state index contributed by atoms with van der Waals surface area (Å²) < 4.78 is 16.6. The van der Waals surface area contributed by atoms with E-state index in [-0.39, 0.29) is 44.9 Å². The topological polar surface area (TPSA) is 119 Å². The van der Waals surface area contributed by atoms with Crippen LogP contribution < -0.4 is 15.1 Å². The molecule has 2 aromatic carbocycles. The van der Waals surface area contributed by atoms with Crippen LogP contribution in [0, 0.1) is 6.92 Å². The van der Waals surface area contributed by atoms with Crippen LogP contribution in [0.25, 0.3) is 11.0 Å². The number of aromatic nitrogens is 1. The first-order valence-electron chi connectivity index (χ1n) is 11.3. The van der Waals surface area contributed by atoms with Gasteiger partial charge in [0.25, 0.3) is 5.91 Å². The minimum atomic E-state index is -0.922. The van der Waals surface area contributed by atoms with E-state index in [1.807, 2.05) is 0 Å². The molecule has 0 saturated carbocycles. The number of esters is 1. The van der Waals surface area contributed by atoms with Gasteiger partial charge in [-0.1, -0.05) is 29.5 Å². The number of fused-ring (bicyclic) bond motifs is 2. The van der Waals surface area contributed by atoms with Gasteiger partial charge in [-0.2, -0.15) is 0 Å². The fourth-order valence-corrected chi connectivity index (χ4v) is 5.26. The summed E-state index contributed by atoms with van der Waals surface area (Å²) in [5.41, 5.74) is 1.01. The molecule has 1 aliphatic rings. The Kier molecular flexibility index (Phi) is 5.97. The number of anilines is 1. The minimum Gasteiger partial charge on any atom is -0.504 e. The molecular formula is C26H22N2O7S. The Morgan fingerprint density at radius 2 is 1.94 bits per heavy atom. The van der Waals surface area contributed by atoms with Gasteiger partial charge in [-0.25, -0.2) is 9.78 Å². The van der Waals surface area contributed by atoms with Gasteiger partial charge in [0, 0.05) is 0 Å². The van der Waals surface area contributed by atoms with Crippen LogP contribution in [0.4, 0.5) is 5.13 Å². The van der Waals surface area contributed by atoms with Crippen molar-refractivity contribution in [3.63, 3.8) is 0 Å². The lowest BCUT2D eigenvalue weighted by Crippen LogP contribution is -2.29. The van der Waals surface area contributed by atoms with E-state index >= 15 is 0 Å². The standard InChI is InChI=1S/C26H22N2O7S/c1-4-33-18-12-14(10-11-16(18)29)20-19-21(30)15-8-6-7-9-17(15)35-22(19)24(31)28(20)26-27-13(3)23(36-26)25(32)34-5-2/h6-12,20,29H,4-5H2,1-3H3. The Bertz CT molecular complexity index is 1570. The highest BCUT2D eigenvalue weighted by molar-refractivity contribution is 7.17. The number of phenolic OH excluding ortho intramolecular Hbond substituents is 1. The first-order valence-corrected chi connectivity index (χ1v) is 12.2. The van der Waals surface area contributed by atoms with E-state index in [1.54, 1.807) is 57.2 Å². The number of hydrogen-bond acceptors (Lipinski definition) is 9. The van der Waals surface area contributed by atoms with Gasteiger partial charge >= 0.3 is 5.97 Å². The molecule has 1 amide bonds. The van der Waals surface area contributed by atoms with Crippen molar-refractivity contribution < 1.29 is 28.6 Å². The maximum absolute atomic E-state index is 13.7. The maximum Gasteiger partial charge on any atom is 0.350 e. The number of aryl methyl sites for hydroxylation is 1. The number of phenols is 1. The lowest BCUT2D eigenvalue weighted by atomic mass is 9.98. The first-order chi connectivity index (χ1) is 17.3. The summed E-state index contributed by atoms with van der Waals surface area (Å²) in [4.78, 5) is 45.9. The van der Waals surface area contributed by atoms with Crippen LogP contribution in [0.15, 0.2) is 51.7 Å². The SMILES string of the molecule is CCOC(=O)c1sc(N2C(=O)c3oc4ccccc4c(=O)c3C2c2ccc(O)c(OCC)c2)nc1C. The monoisotopic (exact) mass is 506 g/mol.